The fourth-order valence-corrected chi connectivity index (χ4v) is 2.54. The number of para-hydroxylation sites is 1. The number of benzene rings is 1. The third kappa shape index (κ3) is 2.83. The van der Waals surface area contributed by atoms with E-state index < -0.39 is 5.97 Å². The van der Waals surface area contributed by atoms with Gasteiger partial charge in [-0.3, -0.25) is 0 Å². The SMILES string of the molecule is Cc1sc(C(=O)O)cc1COc1ccccc1Cl. The molecule has 0 aliphatic heterocycles. The zero-order valence-electron chi connectivity index (χ0n) is 9.64. The monoisotopic (exact) mass is 282 g/mol. The molecule has 1 aromatic carbocycles. The van der Waals surface area contributed by atoms with Crippen molar-refractivity contribution in [2.75, 3.05) is 0 Å². The van der Waals surface area contributed by atoms with Gasteiger partial charge >= 0.3 is 5.97 Å². The zero-order chi connectivity index (χ0) is 13.1. The molecular formula is C13H11ClO3S. The molecule has 0 atom stereocenters. The second kappa shape index (κ2) is 5.42. The molecule has 0 aliphatic rings. The first kappa shape index (κ1) is 12.9. The van der Waals surface area contributed by atoms with Gasteiger partial charge in [0.1, 0.15) is 17.2 Å². The van der Waals surface area contributed by atoms with Gasteiger partial charge in [-0.15, -0.1) is 11.3 Å². The molecule has 18 heavy (non-hydrogen) atoms. The Kier molecular flexibility index (Phi) is 3.89. The van der Waals surface area contributed by atoms with Gasteiger partial charge in [-0.05, 0) is 25.1 Å². The Bertz CT molecular complexity index is 577. The van der Waals surface area contributed by atoms with E-state index in [4.69, 9.17) is 21.4 Å². The highest BCUT2D eigenvalue weighted by atomic mass is 35.5. The fraction of sp³-hybridized carbons (Fsp3) is 0.154. The molecule has 0 bridgehead atoms. The Hall–Kier alpha value is -1.52. The van der Waals surface area contributed by atoms with E-state index in [2.05, 4.69) is 0 Å². The number of aromatic carboxylic acids is 1. The Morgan fingerprint density at radius 1 is 1.44 bits per heavy atom. The molecule has 3 nitrogen and oxygen atoms in total. The molecule has 1 aromatic heterocycles. The smallest absolute Gasteiger partial charge is 0.345 e. The van der Waals surface area contributed by atoms with Gasteiger partial charge in [0.2, 0.25) is 0 Å². The number of halogens is 1. The summed E-state index contributed by atoms with van der Waals surface area (Å²) in [6, 6.07) is 8.83. The highest BCUT2D eigenvalue weighted by Crippen LogP contribution is 2.27. The molecule has 1 heterocycles. The van der Waals surface area contributed by atoms with Crippen molar-refractivity contribution in [2.24, 2.45) is 0 Å². The van der Waals surface area contributed by atoms with Crippen LogP contribution in [0.4, 0.5) is 0 Å². The second-order valence-corrected chi connectivity index (χ2v) is 5.38. The van der Waals surface area contributed by atoms with Crippen LogP contribution in [-0.4, -0.2) is 11.1 Å². The number of thiophene rings is 1. The van der Waals surface area contributed by atoms with E-state index in [1.165, 1.54) is 11.3 Å². The lowest BCUT2D eigenvalue weighted by atomic mass is 10.2. The van der Waals surface area contributed by atoms with Crippen LogP contribution in [0.25, 0.3) is 0 Å². The van der Waals surface area contributed by atoms with Crippen molar-refractivity contribution in [3.63, 3.8) is 0 Å². The molecule has 2 rings (SSSR count). The molecule has 0 fully saturated rings. The molecule has 2 aromatic rings. The first-order valence-electron chi connectivity index (χ1n) is 5.28. The summed E-state index contributed by atoms with van der Waals surface area (Å²) in [6.45, 7) is 2.20. The predicted molar refractivity (Wildman–Crippen MR) is 71.8 cm³/mol. The van der Waals surface area contributed by atoms with Gasteiger partial charge in [-0.2, -0.15) is 0 Å². The maximum absolute atomic E-state index is 10.8. The van der Waals surface area contributed by atoms with E-state index in [-0.39, 0.29) is 0 Å². The van der Waals surface area contributed by atoms with Gasteiger partial charge in [-0.25, -0.2) is 4.79 Å². The predicted octanol–water partition coefficient (Wildman–Crippen LogP) is 3.99. The summed E-state index contributed by atoms with van der Waals surface area (Å²) in [5.74, 6) is -0.311. The van der Waals surface area contributed by atoms with Crippen LogP contribution in [-0.2, 0) is 6.61 Å². The van der Waals surface area contributed by atoms with Crippen molar-refractivity contribution < 1.29 is 14.6 Å². The summed E-state index contributed by atoms with van der Waals surface area (Å²) in [7, 11) is 0. The quantitative estimate of drug-likeness (QED) is 0.922. The minimum absolute atomic E-state index is 0.319. The minimum atomic E-state index is -0.910. The molecule has 0 unspecified atom stereocenters. The van der Waals surface area contributed by atoms with Gasteiger partial charge in [0.25, 0.3) is 0 Å². The molecule has 0 spiro atoms. The standard InChI is InChI=1S/C13H11ClO3S/c1-8-9(6-12(18-8)13(15)16)7-17-11-5-3-2-4-10(11)14/h2-6H,7H2,1H3,(H,15,16). The third-order valence-electron chi connectivity index (χ3n) is 2.45. The van der Waals surface area contributed by atoms with Gasteiger partial charge in [0, 0.05) is 10.4 Å². The highest BCUT2D eigenvalue weighted by molar-refractivity contribution is 7.14. The molecule has 0 saturated heterocycles. The molecular weight excluding hydrogens is 272 g/mol. The Morgan fingerprint density at radius 2 is 2.17 bits per heavy atom. The van der Waals surface area contributed by atoms with Crippen LogP contribution in [0.15, 0.2) is 30.3 Å². The van der Waals surface area contributed by atoms with Crippen LogP contribution in [0.5, 0.6) is 5.75 Å². The topological polar surface area (TPSA) is 46.5 Å². The normalized spacial score (nSPS) is 10.3. The van der Waals surface area contributed by atoms with Crippen LogP contribution in [0.2, 0.25) is 5.02 Å². The Labute approximate surface area is 114 Å². The summed E-state index contributed by atoms with van der Waals surface area (Å²) >= 11 is 7.22. The number of rotatable bonds is 4. The van der Waals surface area contributed by atoms with E-state index >= 15 is 0 Å². The lowest BCUT2D eigenvalue weighted by Crippen LogP contribution is -1.96. The number of ether oxygens (including phenoxy) is 1. The number of carboxylic acid groups (broad SMARTS) is 1. The fourth-order valence-electron chi connectivity index (χ4n) is 1.49. The molecule has 0 amide bonds. The number of aryl methyl sites for hydroxylation is 1. The molecule has 94 valence electrons. The van der Waals surface area contributed by atoms with Crippen molar-refractivity contribution >= 4 is 28.9 Å². The van der Waals surface area contributed by atoms with Crippen molar-refractivity contribution in [2.45, 2.75) is 13.5 Å². The van der Waals surface area contributed by atoms with E-state index in [9.17, 15) is 4.79 Å². The summed E-state index contributed by atoms with van der Waals surface area (Å²) < 4.78 is 5.58. The minimum Gasteiger partial charge on any atom is -0.487 e. The Morgan fingerprint density at radius 3 is 2.78 bits per heavy atom. The third-order valence-corrected chi connectivity index (χ3v) is 3.84. The largest absolute Gasteiger partial charge is 0.487 e. The number of carbonyl (C=O) groups is 1. The molecule has 0 aliphatic carbocycles. The summed E-state index contributed by atoms with van der Waals surface area (Å²) in [5, 5.41) is 9.45. The van der Waals surface area contributed by atoms with Gasteiger partial charge in [0.05, 0.1) is 5.02 Å². The first-order valence-corrected chi connectivity index (χ1v) is 6.47. The van der Waals surface area contributed by atoms with Crippen molar-refractivity contribution in [3.8, 4) is 5.75 Å². The zero-order valence-corrected chi connectivity index (χ0v) is 11.2. The number of carboxylic acids is 1. The van der Waals surface area contributed by atoms with Crippen LogP contribution in [0.3, 0.4) is 0 Å². The average molecular weight is 283 g/mol. The summed E-state index contributed by atoms with van der Waals surface area (Å²) in [5.41, 5.74) is 0.873. The molecule has 5 heteroatoms. The Balaban J connectivity index is 2.11. The lowest BCUT2D eigenvalue weighted by molar-refractivity contribution is 0.0702. The van der Waals surface area contributed by atoms with Gasteiger partial charge < -0.3 is 9.84 Å². The van der Waals surface area contributed by atoms with Gasteiger partial charge in [0.15, 0.2) is 0 Å². The lowest BCUT2D eigenvalue weighted by Gasteiger charge is -2.07. The summed E-state index contributed by atoms with van der Waals surface area (Å²) in [6.07, 6.45) is 0. The van der Waals surface area contributed by atoms with Gasteiger partial charge in [-0.1, -0.05) is 23.7 Å². The van der Waals surface area contributed by atoms with Crippen LogP contribution in [0.1, 0.15) is 20.1 Å². The van der Waals surface area contributed by atoms with Crippen LogP contribution in [0, 0.1) is 6.92 Å². The van der Waals surface area contributed by atoms with E-state index in [1.54, 1.807) is 18.2 Å². The molecule has 0 saturated carbocycles. The van der Waals surface area contributed by atoms with E-state index in [0.717, 1.165) is 10.4 Å². The molecule has 0 radical (unpaired) electrons. The average Bonchev–Trinajstić information content (AvgIpc) is 2.70. The number of hydrogen-bond donors (Lipinski definition) is 1. The maximum Gasteiger partial charge on any atom is 0.345 e. The van der Waals surface area contributed by atoms with E-state index in [1.807, 2.05) is 19.1 Å². The second-order valence-electron chi connectivity index (χ2n) is 3.72. The van der Waals surface area contributed by atoms with E-state index in [0.29, 0.717) is 22.3 Å². The van der Waals surface area contributed by atoms with Crippen molar-refractivity contribution in [3.05, 3.63) is 50.7 Å². The van der Waals surface area contributed by atoms with Crippen LogP contribution < -0.4 is 4.74 Å². The highest BCUT2D eigenvalue weighted by Gasteiger charge is 2.11. The number of hydrogen-bond acceptors (Lipinski definition) is 3. The van der Waals surface area contributed by atoms with Crippen molar-refractivity contribution in [1.29, 1.82) is 0 Å². The van der Waals surface area contributed by atoms with Crippen LogP contribution >= 0.6 is 22.9 Å². The molecule has 1 N–H and O–H groups in total. The van der Waals surface area contributed by atoms with Crippen molar-refractivity contribution in [1.82, 2.24) is 0 Å². The summed E-state index contributed by atoms with van der Waals surface area (Å²) in [4.78, 5) is 12.1. The first-order chi connectivity index (χ1) is 8.58. The maximum atomic E-state index is 10.8.